The second-order valence-electron chi connectivity index (χ2n) is 5.24. The number of nitrogens with two attached hydrogens (primary N) is 1. The Bertz CT molecular complexity index is 827. The molecule has 8 heteroatoms. The predicted octanol–water partition coefficient (Wildman–Crippen LogP) is 3.82. The summed E-state index contributed by atoms with van der Waals surface area (Å²) in [5.41, 5.74) is 6.99. The topological polar surface area (TPSA) is 80.0 Å². The summed E-state index contributed by atoms with van der Waals surface area (Å²) >= 11 is 9.42. The van der Waals surface area contributed by atoms with E-state index in [2.05, 4.69) is 15.9 Å². The summed E-state index contributed by atoms with van der Waals surface area (Å²) in [5, 5.41) is 0.258. The molecule has 0 saturated heterocycles. The zero-order chi connectivity index (χ0) is 18.0. The zero-order valence-electron chi connectivity index (χ0n) is 13.3. The van der Waals surface area contributed by atoms with Gasteiger partial charge in [0.05, 0.1) is 17.8 Å². The minimum absolute atomic E-state index is 0.0429. The van der Waals surface area contributed by atoms with E-state index >= 15 is 0 Å². The minimum Gasteiger partial charge on any atom is -0.496 e. The fourth-order valence-corrected chi connectivity index (χ4v) is 2.94. The number of carbonyl (C=O) groups excluding carboxylic acids is 1. The van der Waals surface area contributed by atoms with Gasteiger partial charge in [-0.25, -0.2) is 4.79 Å². The van der Waals surface area contributed by atoms with Gasteiger partial charge in [-0.05, 0) is 18.2 Å². The average Bonchev–Trinajstić information content (AvgIpc) is 2.61. The molecule has 2 aromatic carbocycles. The van der Waals surface area contributed by atoms with Crippen LogP contribution < -0.4 is 19.9 Å². The van der Waals surface area contributed by atoms with Crippen LogP contribution in [0.1, 0.15) is 15.9 Å². The van der Waals surface area contributed by atoms with Crippen LogP contribution >= 0.6 is 27.5 Å². The number of anilines is 1. The molecule has 25 heavy (non-hydrogen) atoms. The van der Waals surface area contributed by atoms with Crippen molar-refractivity contribution in [2.45, 2.75) is 6.61 Å². The predicted molar refractivity (Wildman–Crippen MR) is 96.7 cm³/mol. The maximum Gasteiger partial charge on any atom is 0.342 e. The van der Waals surface area contributed by atoms with Crippen LogP contribution in [0.5, 0.6) is 17.2 Å². The molecule has 0 fully saturated rings. The number of carbonyl (C=O) groups is 1. The van der Waals surface area contributed by atoms with E-state index in [0.29, 0.717) is 36.1 Å². The first-order valence-corrected chi connectivity index (χ1v) is 8.55. The summed E-state index contributed by atoms with van der Waals surface area (Å²) < 4.78 is 22.3. The quantitative estimate of drug-likeness (QED) is 0.589. The van der Waals surface area contributed by atoms with Crippen molar-refractivity contribution in [1.29, 1.82) is 0 Å². The number of nitrogen functional groups attached to an aromatic ring is 1. The third-order valence-electron chi connectivity index (χ3n) is 3.61. The molecule has 0 atom stereocenters. The van der Waals surface area contributed by atoms with E-state index in [9.17, 15) is 4.79 Å². The fourth-order valence-electron chi connectivity index (χ4n) is 2.34. The Morgan fingerprint density at radius 1 is 1.24 bits per heavy atom. The maximum atomic E-state index is 12.4. The molecule has 132 valence electrons. The Kier molecular flexibility index (Phi) is 5.24. The third-order valence-corrected chi connectivity index (χ3v) is 4.67. The van der Waals surface area contributed by atoms with Gasteiger partial charge in [0.15, 0.2) is 11.5 Å². The van der Waals surface area contributed by atoms with E-state index < -0.39 is 5.97 Å². The lowest BCUT2D eigenvalue weighted by Gasteiger charge is -2.20. The van der Waals surface area contributed by atoms with E-state index in [1.54, 1.807) is 12.1 Å². The van der Waals surface area contributed by atoms with Gasteiger partial charge in [0.25, 0.3) is 0 Å². The maximum absolute atomic E-state index is 12.4. The largest absolute Gasteiger partial charge is 0.496 e. The van der Waals surface area contributed by atoms with Gasteiger partial charge in [-0.1, -0.05) is 27.5 Å². The second-order valence-corrected chi connectivity index (χ2v) is 6.50. The molecule has 0 amide bonds. The van der Waals surface area contributed by atoms with Crippen LogP contribution in [0.3, 0.4) is 0 Å². The number of rotatable bonds is 4. The fraction of sp³-hybridized carbons (Fsp3) is 0.235. The standard InChI is InChI=1S/C17H15BrClNO5/c1-22-14-7-13(20)12(19)5-10(14)17(21)25-8-9-4-15-16(6-11(9)18)24-3-2-23-15/h4-7H,2-3,8,20H2,1H3. The molecule has 0 bridgehead atoms. The van der Waals surface area contributed by atoms with Crippen molar-refractivity contribution in [3.63, 3.8) is 0 Å². The first-order valence-electron chi connectivity index (χ1n) is 7.37. The molecule has 6 nitrogen and oxygen atoms in total. The number of ether oxygens (including phenoxy) is 4. The summed E-state index contributed by atoms with van der Waals surface area (Å²) in [6.07, 6.45) is 0. The smallest absolute Gasteiger partial charge is 0.342 e. The average molecular weight is 429 g/mol. The van der Waals surface area contributed by atoms with Crippen molar-refractivity contribution in [1.82, 2.24) is 0 Å². The first kappa shape index (κ1) is 17.7. The molecule has 1 aliphatic rings. The molecule has 0 saturated carbocycles. The van der Waals surface area contributed by atoms with Gasteiger partial charge in [-0.15, -0.1) is 0 Å². The van der Waals surface area contributed by atoms with Crippen molar-refractivity contribution < 1.29 is 23.7 Å². The summed E-state index contributed by atoms with van der Waals surface area (Å²) in [5.74, 6) is 1.00. The normalized spacial score (nSPS) is 12.6. The molecule has 1 aliphatic heterocycles. The Labute approximate surface area is 157 Å². The molecule has 0 aliphatic carbocycles. The third kappa shape index (κ3) is 3.77. The summed E-state index contributed by atoms with van der Waals surface area (Å²) in [6.45, 7) is 1.03. The van der Waals surface area contributed by atoms with Crippen molar-refractivity contribution in [3.05, 3.63) is 44.9 Å². The highest BCUT2D eigenvalue weighted by molar-refractivity contribution is 9.10. The summed E-state index contributed by atoms with van der Waals surface area (Å²) in [6, 6.07) is 6.48. The summed E-state index contributed by atoms with van der Waals surface area (Å²) in [4.78, 5) is 12.4. The van der Waals surface area contributed by atoms with E-state index in [4.69, 9.17) is 36.3 Å². The Hall–Kier alpha value is -2.12. The zero-order valence-corrected chi connectivity index (χ0v) is 15.6. The lowest BCUT2D eigenvalue weighted by atomic mass is 10.1. The Morgan fingerprint density at radius 3 is 2.60 bits per heavy atom. The van der Waals surface area contributed by atoms with E-state index in [1.807, 2.05) is 0 Å². The van der Waals surface area contributed by atoms with Crippen LogP contribution in [0, 0.1) is 0 Å². The number of fused-ring (bicyclic) bond motifs is 1. The second kappa shape index (κ2) is 7.41. The molecule has 0 spiro atoms. The van der Waals surface area contributed by atoms with Crippen molar-refractivity contribution in [2.24, 2.45) is 0 Å². The number of esters is 1. The Morgan fingerprint density at radius 2 is 1.92 bits per heavy atom. The van der Waals surface area contributed by atoms with Crippen LogP contribution in [-0.2, 0) is 11.3 Å². The van der Waals surface area contributed by atoms with Crippen molar-refractivity contribution in [2.75, 3.05) is 26.1 Å². The van der Waals surface area contributed by atoms with Crippen molar-refractivity contribution in [3.8, 4) is 17.2 Å². The minimum atomic E-state index is -0.569. The van der Waals surface area contributed by atoms with Gasteiger partial charge < -0.3 is 24.7 Å². The number of benzene rings is 2. The number of methoxy groups -OCH3 is 1. The van der Waals surface area contributed by atoms with Crippen LogP contribution in [0.15, 0.2) is 28.7 Å². The van der Waals surface area contributed by atoms with Gasteiger partial charge in [-0.2, -0.15) is 0 Å². The van der Waals surface area contributed by atoms with Crippen LogP contribution in [-0.4, -0.2) is 26.3 Å². The number of halogens is 2. The molecule has 2 N–H and O–H groups in total. The van der Waals surface area contributed by atoms with Crippen LogP contribution in [0.25, 0.3) is 0 Å². The molecule has 3 rings (SSSR count). The summed E-state index contributed by atoms with van der Waals surface area (Å²) in [7, 11) is 1.44. The lowest BCUT2D eigenvalue weighted by Crippen LogP contribution is -2.16. The molecule has 0 aromatic heterocycles. The molecule has 1 heterocycles. The van der Waals surface area contributed by atoms with Crippen molar-refractivity contribution >= 4 is 39.2 Å². The van der Waals surface area contributed by atoms with E-state index in [1.165, 1.54) is 19.2 Å². The molecular weight excluding hydrogens is 414 g/mol. The van der Waals surface area contributed by atoms with Gasteiger partial charge in [0.2, 0.25) is 0 Å². The molecular formula is C17H15BrClNO5. The lowest BCUT2D eigenvalue weighted by molar-refractivity contribution is 0.0467. The van der Waals surface area contributed by atoms with Gasteiger partial charge >= 0.3 is 5.97 Å². The van der Waals surface area contributed by atoms with Gasteiger partial charge in [-0.3, -0.25) is 0 Å². The first-order chi connectivity index (χ1) is 12.0. The Balaban J connectivity index is 1.78. The van der Waals surface area contributed by atoms with Gasteiger partial charge in [0.1, 0.15) is 31.1 Å². The van der Waals surface area contributed by atoms with E-state index in [0.717, 1.165) is 10.0 Å². The van der Waals surface area contributed by atoms with Crippen LogP contribution in [0.4, 0.5) is 5.69 Å². The SMILES string of the molecule is COc1cc(N)c(Cl)cc1C(=O)OCc1cc2c(cc1Br)OCCO2. The molecule has 0 unspecified atom stereocenters. The van der Waals surface area contributed by atoms with Crippen LogP contribution in [0.2, 0.25) is 5.02 Å². The number of hydrogen-bond acceptors (Lipinski definition) is 6. The monoisotopic (exact) mass is 427 g/mol. The highest BCUT2D eigenvalue weighted by Crippen LogP contribution is 2.36. The number of hydrogen-bond donors (Lipinski definition) is 1. The molecule has 2 aromatic rings. The molecule has 0 radical (unpaired) electrons. The van der Waals surface area contributed by atoms with Gasteiger partial charge in [0, 0.05) is 16.1 Å². The highest BCUT2D eigenvalue weighted by atomic mass is 79.9. The highest BCUT2D eigenvalue weighted by Gasteiger charge is 2.19. The van der Waals surface area contributed by atoms with E-state index in [-0.39, 0.29) is 17.2 Å².